The van der Waals surface area contributed by atoms with Gasteiger partial charge in [0.15, 0.2) is 10.4 Å². The lowest BCUT2D eigenvalue weighted by Crippen LogP contribution is -2.35. The molecule has 124 valence electrons. The number of benzene rings is 1. The van der Waals surface area contributed by atoms with E-state index in [9.17, 15) is 9.59 Å². The Kier molecular flexibility index (Phi) is 4.71. The molecular weight excluding hydrogens is 374 g/mol. The van der Waals surface area contributed by atoms with Gasteiger partial charge in [0.25, 0.3) is 11.8 Å². The Bertz CT molecular complexity index is 898. The summed E-state index contributed by atoms with van der Waals surface area (Å²) in [4.78, 5) is 24.1. The number of rotatable bonds is 5. The van der Waals surface area contributed by atoms with Crippen molar-refractivity contribution in [3.63, 3.8) is 0 Å². The Balaban J connectivity index is 1.53. The molecule has 1 aromatic carbocycles. The minimum absolute atomic E-state index is 0.177. The summed E-state index contributed by atoms with van der Waals surface area (Å²) in [5, 5.41) is 6.50. The standard InChI is InChI=1S/C17H16BrN3O3/c1-21-12-5-3-2-4-11(12)10-13(21)16(22)19-8-9-20-17(23)14-6-7-15(18)24-14/h2-7,10H,8-9H2,1H3,(H,19,22)(H,20,23). The molecular formula is C17H16BrN3O3. The number of para-hydroxylation sites is 1. The molecule has 0 atom stereocenters. The minimum atomic E-state index is -0.320. The average Bonchev–Trinajstić information content (AvgIpc) is 3.16. The second kappa shape index (κ2) is 6.92. The maximum Gasteiger partial charge on any atom is 0.287 e. The molecule has 24 heavy (non-hydrogen) atoms. The van der Waals surface area contributed by atoms with Crippen molar-refractivity contribution in [1.82, 2.24) is 15.2 Å². The Morgan fingerprint density at radius 3 is 2.46 bits per heavy atom. The number of aromatic nitrogens is 1. The number of carbonyl (C=O) groups excluding carboxylic acids is 2. The van der Waals surface area contributed by atoms with E-state index >= 15 is 0 Å². The molecule has 2 amide bonds. The summed E-state index contributed by atoms with van der Waals surface area (Å²) >= 11 is 3.14. The number of carbonyl (C=O) groups is 2. The fourth-order valence-electron chi connectivity index (χ4n) is 2.47. The predicted octanol–water partition coefficient (Wildman–Crippen LogP) is 2.69. The van der Waals surface area contributed by atoms with E-state index in [1.54, 1.807) is 12.1 Å². The molecule has 7 heteroatoms. The normalized spacial score (nSPS) is 10.8. The van der Waals surface area contributed by atoms with E-state index in [4.69, 9.17) is 4.42 Å². The maximum absolute atomic E-state index is 12.3. The van der Waals surface area contributed by atoms with Gasteiger partial charge in [-0.1, -0.05) is 18.2 Å². The molecule has 0 unspecified atom stereocenters. The van der Waals surface area contributed by atoms with Crippen molar-refractivity contribution in [3.05, 3.63) is 58.6 Å². The summed E-state index contributed by atoms with van der Waals surface area (Å²) in [5.41, 5.74) is 1.58. The van der Waals surface area contributed by atoms with Gasteiger partial charge in [-0.2, -0.15) is 0 Å². The van der Waals surface area contributed by atoms with E-state index in [1.165, 1.54) is 0 Å². The zero-order valence-corrected chi connectivity index (χ0v) is 14.6. The van der Waals surface area contributed by atoms with Crippen LogP contribution in [-0.2, 0) is 7.05 Å². The lowest BCUT2D eigenvalue weighted by molar-refractivity contribution is 0.0907. The van der Waals surface area contributed by atoms with E-state index < -0.39 is 0 Å². The van der Waals surface area contributed by atoms with E-state index in [0.29, 0.717) is 23.5 Å². The van der Waals surface area contributed by atoms with Crippen molar-refractivity contribution in [3.8, 4) is 0 Å². The topological polar surface area (TPSA) is 76.3 Å². The Morgan fingerprint density at radius 1 is 1.08 bits per heavy atom. The van der Waals surface area contributed by atoms with Crippen LogP contribution in [0.25, 0.3) is 10.9 Å². The number of furan rings is 1. The average molecular weight is 390 g/mol. The van der Waals surface area contributed by atoms with Gasteiger partial charge >= 0.3 is 0 Å². The molecule has 0 aliphatic heterocycles. The van der Waals surface area contributed by atoms with Crippen molar-refractivity contribution >= 4 is 38.6 Å². The first-order valence-corrected chi connectivity index (χ1v) is 8.22. The summed E-state index contributed by atoms with van der Waals surface area (Å²) < 4.78 is 7.50. The van der Waals surface area contributed by atoms with Crippen LogP contribution >= 0.6 is 15.9 Å². The molecule has 0 aliphatic carbocycles. The highest BCUT2D eigenvalue weighted by molar-refractivity contribution is 9.10. The smallest absolute Gasteiger partial charge is 0.287 e. The van der Waals surface area contributed by atoms with Crippen LogP contribution in [-0.4, -0.2) is 29.5 Å². The van der Waals surface area contributed by atoms with Crippen molar-refractivity contribution in [2.75, 3.05) is 13.1 Å². The van der Waals surface area contributed by atoms with Gasteiger partial charge < -0.3 is 19.6 Å². The largest absolute Gasteiger partial charge is 0.444 e. The second-order valence-corrected chi connectivity index (χ2v) is 6.04. The molecule has 0 spiro atoms. The van der Waals surface area contributed by atoms with Crippen molar-refractivity contribution < 1.29 is 14.0 Å². The van der Waals surface area contributed by atoms with Gasteiger partial charge in [-0.25, -0.2) is 0 Å². The molecule has 6 nitrogen and oxygen atoms in total. The summed E-state index contributed by atoms with van der Waals surface area (Å²) in [5.74, 6) is -0.273. The fraction of sp³-hybridized carbons (Fsp3) is 0.176. The van der Waals surface area contributed by atoms with Gasteiger partial charge in [0.05, 0.1) is 0 Å². The van der Waals surface area contributed by atoms with Gasteiger partial charge in [-0.15, -0.1) is 0 Å². The van der Waals surface area contributed by atoms with E-state index in [-0.39, 0.29) is 17.6 Å². The van der Waals surface area contributed by atoms with Crippen LogP contribution in [0.15, 0.2) is 51.6 Å². The maximum atomic E-state index is 12.3. The zero-order valence-electron chi connectivity index (χ0n) is 13.0. The minimum Gasteiger partial charge on any atom is -0.444 e. The molecule has 0 fully saturated rings. The molecule has 3 rings (SSSR count). The van der Waals surface area contributed by atoms with Gasteiger partial charge in [0.1, 0.15) is 5.69 Å². The van der Waals surface area contributed by atoms with E-state index in [1.807, 2.05) is 41.9 Å². The van der Waals surface area contributed by atoms with Crippen LogP contribution in [0.2, 0.25) is 0 Å². The Labute approximate surface area is 146 Å². The Hall–Kier alpha value is -2.54. The fourth-order valence-corrected chi connectivity index (χ4v) is 2.78. The predicted molar refractivity (Wildman–Crippen MR) is 94.0 cm³/mol. The lowest BCUT2D eigenvalue weighted by Gasteiger charge is -2.07. The number of hydrogen-bond acceptors (Lipinski definition) is 3. The number of hydrogen-bond donors (Lipinski definition) is 2. The van der Waals surface area contributed by atoms with Gasteiger partial charge in [-0.05, 0) is 40.2 Å². The summed E-state index contributed by atoms with van der Waals surface area (Å²) in [6.45, 7) is 0.640. The molecule has 2 heterocycles. The zero-order chi connectivity index (χ0) is 17.1. The number of aryl methyl sites for hydroxylation is 1. The highest BCUT2D eigenvalue weighted by Crippen LogP contribution is 2.18. The molecule has 0 saturated heterocycles. The van der Waals surface area contributed by atoms with Crippen molar-refractivity contribution in [2.24, 2.45) is 7.05 Å². The van der Waals surface area contributed by atoms with E-state index in [2.05, 4.69) is 26.6 Å². The number of nitrogens with one attached hydrogen (secondary N) is 2. The number of nitrogens with zero attached hydrogens (tertiary/aromatic N) is 1. The van der Waals surface area contributed by atoms with E-state index in [0.717, 1.165) is 10.9 Å². The first-order valence-electron chi connectivity index (χ1n) is 7.42. The summed E-state index contributed by atoms with van der Waals surface area (Å²) in [6.07, 6.45) is 0. The molecule has 2 aromatic heterocycles. The van der Waals surface area contributed by atoms with Crippen molar-refractivity contribution in [2.45, 2.75) is 0 Å². The van der Waals surface area contributed by atoms with Crippen LogP contribution in [0.3, 0.4) is 0 Å². The summed E-state index contributed by atoms with van der Waals surface area (Å²) in [7, 11) is 1.85. The molecule has 0 saturated carbocycles. The third-order valence-electron chi connectivity index (χ3n) is 3.68. The Morgan fingerprint density at radius 2 is 1.79 bits per heavy atom. The van der Waals surface area contributed by atoms with Gasteiger partial charge in [0, 0.05) is 31.0 Å². The van der Waals surface area contributed by atoms with Gasteiger partial charge in [-0.3, -0.25) is 9.59 Å². The monoisotopic (exact) mass is 389 g/mol. The van der Waals surface area contributed by atoms with Crippen LogP contribution in [0.5, 0.6) is 0 Å². The van der Waals surface area contributed by atoms with Crippen molar-refractivity contribution in [1.29, 1.82) is 0 Å². The first-order chi connectivity index (χ1) is 11.6. The molecule has 0 aliphatic rings. The SMILES string of the molecule is Cn1c(C(=O)NCCNC(=O)c2ccc(Br)o2)cc2ccccc21. The third-order valence-corrected chi connectivity index (χ3v) is 4.10. The molecule has 0 bridgehead atoms. The second-order valence-electron chi connectivity index (χ2n) is 5.26. The first kappa shape index (κ1) is 16.3. The highest BCUT2D eigenvalue weighted by Gasteiger charge is 2.13. The molecule has 0 radical (unpaired) electrons. The highest BCUT2D eigenvalue weighted by atomic mass is 79.9. The quantitative estimate of drug-likeness (QED) is 0.658. The van der Waals surface area contributed by atoms with Crippen LogP contribution in [0.4, 0.5) is 0 Å². The summed E-state index contributed by atoms with van der Waals surface area (Å²) in [6, 6.07) is 12.9. The molecule has 3 aromatic rings. The third kappa shape index (κ3) is 3.35. The molecule has 2 N–H and O–H groups in total. The lowest BCUT2D eigenvalue weighted by atomic mass is 10.2. The van der Waals surface area contributed by atoms with Crippen LogP contribution in [0, 0.1) is 0 Å². The van der Waals surface area contributed by atoms with Crippen LogP contribution in [0.1, 0.15) is 21.0 Å². The number of halogens is 1. The van der Waals surface area contributed by atoms with Gasteiger partial charge in [0.2, 0.25) is 0 Å². The number of fused-ring (bicyclic) bond motifs is 1. The van der Waals surface area contributed by atoms with Crippen LogP contribution < -0.4 is 10.6 Å². The number of amides is 2.